The van der Waals surface area contributed by atoms with Crippen LogP contribution in [0.2, 0.25) is 0 Å². The van der Waals surface area contributed by atoms with E-state index in [0.29, 0.717) is 6.42 Å². The number of ether oxygens (including phenoxy) is 1. The molecule has 4 nitrogen and oxygen atoms in total. The molecule has 4 heteroatoms. The quantitative estimate of drug-likeness (QED) is 0.538. The number of rotatable bonds is 5. The monoisotopic (exact) mass is 230 g/mol. The van der Waals surface area contributed by atoms with E-state index in [1.165, 1.54) is 12.8 Å². The Labute approximate surface area is 97.4 Å². The summed E-state index contributed by atoms with van der Waals surface area (Å²) in [4.78, 5) is 27.4. The summed E-state index contributed by atoms with van der Waals surface area (Å²) in [5.74, 6) is -0.0661. The minimum atomic E-state index is -0.332. The van der Waals surface area contributed by atoms with Gasteiger partial charge in [0.15, 0.2) is 0 Å². The van der Waals surface area contributed by atoms with Crippen molar-refractivity contribution in [2.75, 3.05) is 0 Å². The molecule has 0 amide bonds. The van der Waals surface area contributed by atoms with Crippen molar-refractivity contribution in [2.45, 2.75) is 65.4 Å². The Morgan fingerprint density at radius 3 is 2.00 bits per heavy atom. The van der Waals surface area contributed by atoms with Gasteiger partial charge in [0.2, 0.25) is 0 Å². The van der Waals surface area contributed by atoms with Gasteiger partial charge in [-0.2, -0.15) is 9.59 Å². The second-order valence-corrected chi connectivity index (χ2v) is 4.48. The average Bonchev–Trinajstić information content (AvgIpc) is 2.11. The third kappa shape index (κ3) is 18.6. The number of hydrogen-bond acceptors (Lipinski definition) is 4. The number of hydrogen-bond donors (Lipinski definition) is 0. The first-order chi connectivity index (χ1) is 7.37. The molecule has 0 atom stereocenters. The zero-order valence-electron chi connectivity index (χ0n) is 10.7. The third-order valence-electron chi connectivity index (χ3n) is 1.65. The molecule has 0 bridgehead atoms. The van der Waals surface area contributed by atoms with Gasteiger partial charge >= 0.3 is 12.1 Å². The van der Waals surface area contributed by atoms with Gasteiger partial charge in [-0.05, 0) is 27.2 Å². The maximum atomic E-state index is 11.2. The Bertz CT molecular complexity index is 210. The molecule has 0 aromatic rings. The van der Waals surface area contributed by atoms with E-state index in [-0.39, 0.29) is 17.7 Å². The van der Waals surface area contributed by atoms with Crippen LogP contribution in [0.5, 0.6) is 0 Å². The summed E-state index contributed by atoms with van der Waals surface area (Å²) in [7, 11) is 0. The summed E-state index contributed by atoms with van der Waals surface area (Å²) < 4.78 is 5.18. The Morgan fingerprint density at radius 2 is 1.62 bits per heavy atom. The molecule has 0 saturated heterocycles. The smallest absolute Gasteiger partial charge is 0.373 e. The highest BCUT2D eigenvalue weighted by Crippen LogP contribution is 2.10. The molecule has 0 aromatic carbocycles. The lowest BCUT2D eigenvalue weighted by molar-refractivity contribution is -0.191. The Kier molecular flexibility index (Phi) is 11.2. The van der Waals surface area contributed by atoms with Crippen LogP contribution in [0.1, 0.15) is 59.8 Å². The fourth-order valence-electron chi connectivity index (χ4n) is 1.09. The van der Waals surface area contributed by atoms with Crippen LogP contribution in [-0.4, -0.2) is 17.7 Å². The topological polar surface area (TPSA) is 60.4 Å². The van der Waals surface area contributed by atoms with Crippen LogP contribution in [0.3, 0.4) is 0 Å². The van der Waals surface area contributed by atoms with Crippen molar-refractivity contribution in [3.05, 3.63) is 0 Å². The van der Waals surface area contributed by atoms with Gasteiger partial charge in [0.25, 0.3) is 0 Å². The van der Waals surface area contributed by atoms with Crippen molar-refractivity contribution in [2.24, 2.45) is 0 Å². The summed E-state index contributed by atoms with van der Waals surface area (Å²) in [5, 5.41) is 0. The molecule has 0 N–H and O–H groups in total. The lowest BCUT2D eigenvalue weighted by atomic mass is 10.1. The molecule has 0 rings (SSSR count). The molecule has 94 valence electrons. The molecule has 0 aliphatic carbocycles. The van der Waals surface area contributed by atoms with Crippen molar-refractivity contribution < 1.29 is 19.1 Å². The summed E-state index contributed by atoms with van der Waals surface area (Å²) in [6, 6.07) is 0. The Balaban J connectivity index is 0. The minimum Gasteiger partial charge on any atom is -0.460 e. The highest BCUT2D eigenvalue weighted by atomic mass is 16.6. The first kappa shape index (κ1) is 17.3. The van der Waals surface area contributed by atoms with Crippen LogP contribution >= 0.6 is 0 Å². The fourth-order valence-corrected chi connectivity index (χ4v) is 1.09. The maximum absolute atomic E-state index is 11.2. The van der Waals surface area contributed by atoms with E-state index in [4.69, 9.17) is 14.3 Å². The largest absolute Gasteiger partial charge is 0.460 e. The van der Waals surface area contributed by atoms with Crippen LogP contribution in [0, 0.1) is 0 Å². The normalized spacial score (nSPS) is 9.75. The molecule has 0 aliphatic heterocycles. The molecule has 0 saturated carbocycles. The van der Waals surface area contributed by atoms with Crippen molar-refractivity contribution in [1.29, 1.82) is 0 Å². The molecule has 16 heavy (non-hydrogen) atoms. The molecule has 0 spiro atoms. The van der Waals surface area contributed by atoms with E-state index in [0.717, 1.165) is 12.8 Å². The second-order valence-electron chi connectivity index (χ2n) is 4.48. The minimum absolute atomic E-state index is 0.0661. The molecule has 0 unspecified atom stereocenters. The van der Waals surface area contributed by atoms with E-state index in [1.807, 2.05) is 20.8 Å². The van der Waals surface area contributed by atoms with Gasteiger partial charge in [-0.15, -0.1) is 0 Å². The zero-order chi connectivity index (χ0) is 13.0. The Morgan fingerprint density at radius 1 is 1.12 bits per heavy atom. The first-order valence-electron chi connectivity index (χ1n) is 5.58. The maximum Gasteiger partial charge on any atom is 0.373 e. The van der Waals surface area contributed by atoms with Gasteiger partial charge in [-0.25, -0.2) is 0 Å². The van der Waals surface area contributed by atoms with Crippen molar-refractivity contribution in [3.8, 4) is 0 Å². The predicted octanol–water partition coefficient (Wildman–Crippen LogP) is 2.72. The predicted molar refractivity (Wildman–Crippen MR) is 59.6 cm³/mol. The molecular formula is C12H22O4. The molecule has 0 aliphatic rings. The number of esters is 1. The highest BCUT2D eigenvalue weighted by Gasteiger charge is 2.15. The number of unbranched alkanes of at least 4 members (excludes halogenated alkanes) is 3. The van der Waals surface area contributed by atoms with E-state index >= 15 is 0 Å². The first-order valence-corrected chi connectivity index (χ1v) is 5.58. The van der Waals surface area contributed by atoms with Crippen molar-refractivity contribution >= 4 is 12.1 Å². The van der Waals surface area contributed by atoms with Gasteiger partial charge in [-0.1, -0.05) is 26.2 Å². The lowest BCUT2D eigenvalue weighted by Crippen LogP contribution is -2.23. The van der Waals surface area contributed by atoms with Gasteiger partial charge in [0.05, 0.1) is 0 Å². The van der Waals surface area contributed by atoms with E-state index in [9.17, 15) is 4.79 Å². The fraction of sp³-hybridized carbons (Fsp3) is 0.833. The van der Waals surface area contributed by atoms with Gasteiger partial charge < -0.3 is 4.74 Å². The van der Waals surface area contributed by atoms with Gasteiger partial charge in [0, 0.05) is 6.42 Å². The molecule has 0 heterocycles. The van der Waals surface area contributed by atoms with E-state index in [2.05, 4.69) is 6.92 Å². The number of carbonyl (C=O) groups excluding carboxylic acids is 3. The average molecular weight is 230 g/mol. The van der Waals surface area contributed by atoms with Crippen LogP contribution < -0.4 is 0 Å². The number of carbonyl (C=O) groups is 1. The van der Waals surface area contributed by atoms with Crippen LogP contribution in [0.4, 0.5) is 0 Å². The van der Waals surface area contributed by atoms with E-state index in [1.54, 1.807) is 0 Å². The summed E-state index contributed by atoms with van der Waals surface area (Å²) in [6.45, 7) is 7.86. The molecular weight excluding hydrogens is 208 g/mol. The highest BCUT2D eigenvalue weighted by molar-refractivity contribution is 5.69. The summed E-state index contributed by atoms with van der Waals surface area (Å²) in [6.07, 6.45) is 5.33. The van der Waals surface area contributed by atoms with Crippen LogP contribution in [-0.2, 0) is 19.1 Å². The molecule has 0 radical (unpaired) electrons. The lowest BCUT2D eigenvalue weighted by Gasteiger charge is -2.19. The van der Waals surface area contributed by atoms with Crippen LogP contribution in [0.25, 0.3) is 0 Å². The van der Waals surface area contributed by atoms with Gasteiger partial charge in [-0.3, -0.25) is 4.79 Å². The van der Waals surface area contributed by atoms with Gasteiger partial charge in [0.1, 0.15) is 5.60 Å². The zero-order valence-corrected chi connectivity index (χ0v) is 10.7. The third-order valence-corrected chi connectivity index (χ3v) is 1.65. The van der Waals surface area contributed by atoms with Crippen molar-refractivity contribution in [1.82, 2.24) is 0 Å². The van der Waals surface area contributed by atoms with Crippen LogP contribution in [0.15, 0.2) is 0 Å². The second kappa shape index (κ2) is 10.4. The molecule has 0 aromatic heterocycles. The Hall–Kier alpha value is -1.15. The summed E-state index contributed by atoms with van der Waals surface area (Å²) >= 11 is 0. The standard InChI is InChI=1S/C11H22O2.CO2/c1-5-6-7-8-9-10(12)13-11(2,3)4;2-1-3/h5-9H2,1-4H3;. The van der Waals surface area contributed by atoms with Crippen molar-refractivity contribution in [3.63, 3.8) is 0 Å². The SMILES string of the molecule is CCCCCCC(=O)OC(C)(C)C.O=C=O. The molecule has 0 fully saturated rings. The summed E-state index contributed by atoms with van der Waals surface area (Å²) in [5.41, 5.74) is -0.332. The van der Waals surface area contributed by atoms with E-state index < -0.39 is 0 Å².